The van der Waals surface area contributed by atoms with E-state index < -0.39 is 29.8 Å². The number of benzene rings is 2. The predicted molar refractivity (Wildman–Crippen MR) is 109 cm³/mol. The summed E-state index contributed by atoms with van der Waals surface area (Å²) in [6.07, 6.45) is -5.73. The Balaban J connectivity index is 2.01. The highest BCUT2D eigenvalue weighted by atomic mass is 35.5. The summed E-state index contributed by atoms with van der Waals surface area (Å²) in [5, 5.41) is 2.78. The third kappa shape index (κ3) is 4.22. The van der Waals surface area contributed by atoms with Crippen molar-refractivity contribution in [3.63, 3.8) is 0 Å². The number of halogens is 5. The lowest BCUT2D eigenvalue weighted by Crippen LogP contribution is -2.34. The molecule has 2 aromatic rings. The number of rotatable bonds is 5. The maximum Gasteiger partial charge on any atom is 0.418 e. The first-order valence-electron chi connectivity index (χ1n) is 8.58. The van der Waals surface area contributed by atoms with Gasteiger partial charge in [-0.2, -0.15) is 13.2 Å². The molecular weight excluding hydrogens is 444 g/mol. The van der Waals surface area contributed by atoms with Gasteiger partial charge in [0.25, 0.3) is 5.91 Å². The van der Waals surface area contributed by atoms with E-state index in [1.54, 1.807) is 12.1 Å². The number of nitrogens with one attached hydrogen (secondary N) is 1. The van der Waals surface area contributed by atoms with Crippen molar-refractivity contribution < 1.29 is 22.8 Å². The van der Waals surface area contributed by atoms with E-state index in [9.17, 15) is 22.8 Å². The number of anilines is 2. The van der Waals surface area contributed by atoms with Crippen LogP contribution in [0.25, 0.3) is 0 Å². The van der Waals surface area contributed by atoms with Gasteiger partial charge in [0.05, 0.1) is 22.2 Å². The van der Waals surface area contributed by atoms with Gasteiger partial charge >= 0.3 is 12.2 Å². The fourth-order valence-electron chi connectivity index (χ4n) is 2.82. The normalized spacial score (nSPS) is 17.1. The van der Waals surface area contributed by atoms with Crippen molar-refractivity contribution in [3.8, 4) is 0 Å². The second kappa shape index (κ2) is 8.53. The number of amidine groups is 1. The lowest BCUT2D eigenvalue weighted by Gasteiger charge is -2.20. The molecule has 30 heavy (non-hydrogen) atoms. The molecule has 1 aliphatic heterocycles. The highest BCUT2D eigenvalue weighted by Gasteiger charge is 2.42. The van der Waals surface area contributed by atoms with Crippen molar-refractivity contribution in [2.45, 2.75) is 12.3 Å². The van der Waals surface area contributed by atoms with Gasteiger partial charge in [-0.15, -0.1) is 11.6 Å². The number of hydrogen-bond donors (Lipinski definition) is 1. The Hall–Kier alpha value is -2.78. The number of alkyl halides is 4. The second-order valence-electron chi connectivity index (χ2n) is 6.24. The lowest BCUT2D eigenvalue weighted by atomic mass is 10.1. The van der Waals surface area contributed by atoms with E-state index in [1.165, 1.54) is 37.4 Å². The quantitative estimate of drug-likeness (QED) is 0.515. The van der Waals surface area contributed by atoms with Crippen molar-refractivity contribution in [3.05, 3.63) is 59.1 Å². The van der Waals surface area contributed by atoms with E-state index in [4.69, 9.17) is 23.2 Å². The maximum absolute atomic E-state index is 13.3. The molecule has 0 bridgehead atoms. The molecule has 0 aromatic heterocycles. The number of imide groups is 1. The number of amides is 3. The van der Waals surface area contributed by atoms with Gasteiger partial charge in [0, 0.05) is 12.7 Å². The SMILES string of the molecule is CN1C(=O)C(=NC(CCl)Nc2ccccc2C(F)(F)F)N(c2ccccc2Cl)C1=O. The molecule has 1 aliphatic rings. The standard InChI is InChI=1S/C19H15Cl2F3N4O2/c1-27-17(29)16(28(18(27)30)14-9-5-3-7-12(14)21)26-15(10-20)25-13-8-4-2-6-11(13)19(22,23)24/h2-9,15,25H,10H2,1H3. The third-order valence-corrected chi connectivity index (χ3v) is 4.87. The molecule has 3 rings (SSSR count). The Morgan fingerprint density at radius 2 is 1.73 bits per heavy atom. The van der Waals surface area contributed by atoms with Crippen LogP contribution in [0.5, 0.6) is 0 Å². The van der Waals surface area contributed by atoms with Crippen LogP contribution in [-0.2, 0) is 11.0 Å². The van der Waals surface area contributed by atoms with Gasteiger partial charge in [0.1, 0.15) is 6.17 Å². The average Bonchev–Trinajstić information content (AvgIpc) is 2.91. The molecule has 0 saturated carbocycles. The Morgan fingerprint density at radius 1 is 1.10 bits per heavy atom. The van der Waals surface area contributed by atoms with Crippen LogP contribution < -0.4 is 10.2 Å². The largest absolute Gasteiger partial charge is 0.418 e. The van der Waals surface area contributed by atoms with E-state index in [0.29, 0.717) is 0 Å². The van der Waals surface area contributed by atoms with Gasteiger partial charge in [-0.3, -0.25) is 9.69 Å². The number of likely N-dealkylation sites (N-methyl/N-ethyl adjacent to an activating group) is 1. The summed E-state index contributed by atoms with van der Waals surface area (Å²) in [6.45, 7) is 0. The van der Waals surface area contributed by atoms with Crippen LogP contribution in [0.1, 0.15) is 5.56 Å². The van der Waals surface area contributed by atoms with E-state index in [0.717, 1.165) is 15.9 Å². The van der Waals surface area contributed by atoms with Gasteiger partial charge in [-0.25, -0.2) is 14.7 Å². The van der Waals surface area contributed by atoms with Crippen molar-refractivity contribution in [2.24, 2.45) is 4.99 Å². The van der Waals surface area contributed by atoms with E-state index in [1.807, 2.05) is 0 Å². The summed E-state index contributed by atoms with van der Waals surface area (Å²) in [7, 11) is 1.26. The first-order chi connectivity index (χ1) is 14.1. The summed E-state index contributed by atoms with van der Waals surface area (Å²) in [5.41, 5.74) is -0.951. The molecule has 0 spiro atoms. The second-order valence-corrected chi connectivity index (χ2v) is 6.96. The number of aliphatic imine (C=N–C) groups is 1. The smallest absolute Gasteiger partial charge is 0.362 e. The zero-order valence-electron chi connectivity index (χ0n) is 15.5. The van der Waals surface area contributed by atoms with E-state index >= 15 is 0 Å². The molecule has 0 radical (unpaired) electrons. The lowest BCUT2D eigenvalue weighted by molar-refractivity contribution is -0.137. The minimum atomic E-state index is -4.60. The zero-order chi connectivity index (χ0) is 22.1. The van der Waals surface area contributed by atoms with Crippen LogP contribution in [0, 0.1) is 0 Å². The molecule has 158 valence electrons. The van der Waals surface area contributed by atoms with Crippen molar-refractivity contribution in [1.82, 2.24) is 4.90 Å². The summed E-state index contributed by atoms with van der Waals surface area (Å²) >= 11 is 12.1. The third-order valence-electron chi connectivity index (χ3n) is 4.26. The average molecular weight is 459 g/mol. The molecule has 11 heteroatoms. The monoisotopic (exact) mass is 458 g/mol. The number of hydrogen-bond acceptors (Lipinski definition) is 4. The fraction of sp³-hybridized carbons (Fsp3) is 0.211. The number of para-hydroxylation sites is 2. The fourth-order valence-corrected chi connectivity index (χ4v) is 3.19. The Kier molecular flexibility index (Phi) is 6.23. The molecule has 1 fully saturated rings. The first kappa shape index (κ1) is 21.9. The molecule has 1 saturated heterocycles. The van der Waals surface area contributed by atoms with Crippen LogP contribution in [-0.4, -0.2) is 41.8 Å². The number of carbonyl (C=O) groups is 2. The van der Waals surface area contributed by atoms with Gasteiger partial charge in [-0.1, -0.05) is 35.9 Å². The van der Waals surface area contributed by atoms with Crippen LogP contribution in [0.15, 0.2) is 53.5 Å². The Bertz CT molecular complexity index is 1010. The maximum atomic E-state index is 13.3. The number of urea groups is 1. The molecular formula is C19H15Cl2F3N4O2. The minimum absolute atomic E-state index is 0.194. The minimum Gasteiger partial charge on any atom is -0.362 e. The Labute approximate surface area is 179 Å². The van der Waals surface area contributed by atoms with Crippen LogP contribution in [0.3, 0.4) is 0 Å². The van der Waals surface area contributed by atoms with Crippen molar-refractivity contribution >= 4 is 52.4 Å². The summed E-state index contributed by atoms with van der Waals surface area (Å²) in [4.78, 5) is 31.1. The van der Waals surface area contributed by atoms with Crippen molar-refractivity contribution in [2.75, 3.05) is 23.1 Å². The summed E-state index contributed by atoms with van der Waals surface area (Å²) in [6, 6.07) is 10.4. The van der Waals surface area contributed by atoms with Crippen LogP contribution >= 0.6 is 23.2 Å². The molecule has 6 nitrogen and oxygen atoms in total. The Morgan fingerprint density at radius 3 is 2.37 bits per heavy atom. The number of carbonyl (C=O) groups excluding carboxylic acids is 2. The predicted octanol–water partition coefficient (Wildman–Crippen LogP) is 4.83. The van der Waals surface area contributed by atoms with Crippen LogP contribution in [0.4, 0.5) is 29.3 Å². The molecule has 1 heterocycles. The zero-order valence-corrected chi connectivity index (χ0v) is 17.0. The molecule has 2 aromatic carbocycles. The topological polar surface area (TPSA) is 65.0 Å². The van der Waals surface area contributed by atoms with E-state index in [-0.39, 0.29) is 28.1 Å². The van der Waals surface area contributed by atoms with E-state index in [2.05, 4.69) is 10.3 Å². The van der Waals surface area contributed by atoms with Gasteiger partial charge in [0.15, 0.2) is 0 Å². The highest BCUT2D eigenvalue weighted by Crippen LogP contribution is 2.35. The molecule has 1 unspecified atom stereocenters. The van der Waals surface area contributed by atoms with Gasteiger partial charge in [-0.05, 0) is 24.3 Å². The summed E-state index contributed by atoms with van der Waals surface area (Å²) in [5.74, 6) is -1.31. The summed E-state index contributed by atoms with van der Waals surface area (Å²) < 4.78 is 39.8. The van der Waals surface area contributed by atoms with Gasteiger partial charge < -0.3 is 5.32 Å². The molecule has 3 amide bonds. The first-order valence-corrected chi connectivity index (χ1v) is 9.49. The van der Waals surface area contributed by atoms with Gasteiger partial charge in [0.2, 0.25) is 5.84 Å². The van der Waals surface area contributed by atoms with Crippen LogP contribution in [0.2, 0.25) is 5.02 Å². The number of nitrogens with zero attached hydrogens (tertiary/aromatic N) is 3. The van der Waals surface area contributed by atoms with Crippen molar-refractivity contribution in [1.29, 1.82) is 0 Å². The highest BCUT2D eigenvalue weighted by molar-refractivity contribution is 6.55. The molecule has 1 N–H and O–H groups in total. The molecule has 0 aliphatic carbocycles. The molecule has 1 atom stereocenters.